The van der Waals surface area contributed by atoms with Crippen LogP contribution in [0.1, 0.15) is 10.4 Å². The Balaban J connectivity index is 2.86. The van der Waals surface area contributed by atoms with Crippen LogP contribution in [0.25, 0.3) is 0 Å². The zero-order valence-electron chi connectivity index (χ0n) is 6.87. The Morgan fingerprint density at radius 2 is 2.31 bits per heavy atom. The van der Waals surface area contributed by atoms with E-state index in [1.807, 2.05) is 0 Å². The summed E-state index contributed by atoms with van der Waals surface area (Å²) in [5, 5.41) is 8.56. The molecule has 70 valence electrons. The van der Waals surface area contributed by atoms with Gasteiger partial charge in [-0.25, -0.2) is 4.39 Å². The third-order valence-corrected chi connectivity index (χ3v) is 2.52. The van der Waals surface area contributed by atoms with E-state index in [2.05, 4.69) is 0 Å². The number of hydrogen-bond donors (Lipinski definition) is 1. The van der Waals surface area contributed by atoms with Gasteiger partial charge in [-0.2, -0.15) is 0 Å². The molecule has 1 aromatic carbocycles. The summed E-state index contributed by atoms with van der Waals surface area (Å²) < 4.78 is 12.6. The molecule has 0 aliphatic heterocycles. The third kappa shape index (κ3) is 2.82. The molecule has 0 aliphatic rings. The van der Waals surface area contributed by atoms with Crippen LogP contribution in [0.4, 0.5) is 4.39 Å². The van der Waals surface area contributed by atoms with Crippen molar-refractivity contribution in [2.45, 2.75) is 4.90 Å². The number of carbonyl (C=O) groups is 1. The van der Waals surface area contributed by atoms with E-state index in [1.54, 1.807) is 6.07 Å². The summed E-state index contributed by atoms with van der Waals surface area (Å²) in [7, 11) is 0. The molecule has 1 N–H and O–H groups in total. The van der Waals surface area contributed by atoms with Crippen LogP contribution >= 0.6 is 11.8 Å². The second kappa shape index (κ2) is 4.99. The fourth-order valence-corrected chi connectivity index (χ4v) is 1.65. The fraction of sp³-hybridized carbons (Fsp3) is 0.222. The highest BCUT2D eigenvalue weighted by Crippen LogP contribution is 2.21. The Kier molecular flexibility index (Phi) is 3.92. The topological polar surface area (TPSA) is 37.3 Å². The molecule has 0 heterocycles. The fourth-order valence-electron chi connectivity index (χ4n) is 0.898. The van der Waals surface area contributed by atoms with Crippen molar-refractivity contribution < 1.29 is 14.3 Å². The average Bonchev–Trinajstić information content (AvgIpc) is 2.16. The lowest BCUT2D eigenvalue weighted by Gasteiger charge is -2.02. The van der Waals surface area contributed by atoms with Crippen molar-refractivity contribution in [3.8, 4) is 0 Å². The van der Waals surface area contributed by atoms with E-state index in [1.165, 1.54) is 23.9 Å². The first-order chi connectivity index (χ1) is 6.27. The molecule has 0 bridgehead atoms. The van der Waals surface area contributed by atoms with Gasteiger partial charge in [-0.05, 0) is 18.2 Å². The van der Waals surface area contributed by atoms with Crippen LogP contribution in [0.3, 0.4) is 0 Å². The van der Waals surface area contributed by atoms with Crippen LogP contribution in [-0.2, 0) is 0 Å². The summed E-state index contributed by atoms with van der Waals surface area (Å²) in [5.41, 5.74) is 0.332. The molecule has 2 nitrogen and oxygen atoms in total. The molecule has 0 aromatic heterocycles. The predicted octanol–water partition coefficient (Wildman–Crippen LogP) is 1.72. The molecule has 0 radical (unpaired) electrons. The maximum Gasteiger partial charge on any atom is 0.151 e. The summed E-state index contributed by atoms with van der Waals surface area (Å²) in [6, 6.07) is 4.03. The highest BCUT2D eigenvalue weighted by Gasteiger charge is 2.02. The minimum Gasteiger partial charge on any atom is -0.396 e. The number of carbonyl (C=O) groups excluding carboxylic acids is 1. The second-order valence-corrected chi connectivity index (χ2v) is 3.51. The summed E-state index contributed by atoms with van der Waals surface area (Å²) in [6.45, 7) is 0.0420. The lowest BCUT2D eigenvalue weighted by Crippen LogP contribution is -1.91. The molecule has 0 fully saturated rings. The number of halogens is 1. The Morgan fingerprint density at radius 3 is 2.92 bits per heavy atom. The lowest BCUT2D eigenvalue weighted by atomic mass is 10.2. The lowest BCUT2D eigenvalue weighted by molar-refractivity contribution is 0.112. The molecule has 1 rings (SSSR count). The van der Waals surface area contributed by atoms with E-state index in [9.17, 15) is 9.18 Å². The van der Waals surface area contributed by atoms with Crippen LogP contribution in [0, 0.1) is 5.82 Å². The molecule has 0 saturated carbocycles. The Bertz CT molecular complexity index is 302. The third-order valence-electron chi connectivity index (χ3n) is 1.45. The minimum absolute atomic E-state index is 0.0420. The molecule has 0 amide bonds. The van der Waals surface area contributed by atoms with Gasteiger partial charge < -0.3 is 5.11 Å². The van der Waals surface area contributed by atoms with Crippen LogP contribution in [0.2, 0.25) is 0 Å². The first-order valence-electron chi connectivity index (χ1n) is 3.76. The van der Waals surface area contributed by atoms with Crippen molar-refractivity contribution in [1.29, 1.82) is 0 Å². The van der Waals surface area contributed by atoms with Gasteiger partial charge in [-0.15, -0.1) is 11.8 Å². The van der Waals surface area contributed by atoms with Crippen molar-refractivity contribution in [2.75, 3.05) is 12.4 Å². The first kappa shape index (κ1) is 10.2. The number of aliphatic hydroxyl groups excluding tert-OH is 1. The van der Waals surface area contributed by atoms with E-state index >= 15 is 0 Å². The van der Waals surface area contributed by atoms with E-state index in [0.717, 1.165) is 0 Å². The average molecular weight is 200 g/mol. The van der Waals surface area contributed by atoms with Gasteiger partial charge in [0.05, 0.1) is 6.61 Å². The summed E-state index contributed by atoms with van der Waals surface area (Å²) in [6.07, 6.45) is 0.614. The maximum absolute atomic E-state index is 12.6. The standard InChI is InChI=1S/C9H9FO2S/c10-8-1-2-9(13-4-3-11)7(5-8)6-12/h1-2,5-6,11H,3-4H2. The number of aliphatic hydroxyl groups is 1. The number of hydrogen-bond acceptors (Lipinski definition) is 3. The zero-order chi connectivity index (χ0) is 9.68. The van der Waals surface area contributed by atoms with Crippen molar-refractivity contribution in [2.24, 2.45) is 0 Å². The van der Waals surface area contributed by atoms with Gasteiger partial charge in [0.25, 0.3) is 0 Å². The number of rotatable bonds is 4. The summed E-state index contributed by atoms with van der Waals surface area (Å²) in [5.74, 6) is 0.0855. The van der Waals surface area contributed by atoms with E-state index < -0.39 is 5.82 Å². The molecule has 0 atom stereocenters. The minimum atomic E-state index is -0.421. The van der Waals surface area contributed by atoms with E-state index in [-0.39, 0.29) is 6.61 Å². The van der Waals surface area contributed by atoms with Gasteiger partial charge in [-0.3, -0.25) is 4.79 Å². The van der Waals surface area contributed by atoms with Gasteiger partial charge in [0.15, 0.2) is 6.29 Å². The molecule has 0 aliphatic carbocycles. The molecule has 13 heavy (non-hydrogen) atoms. The van der Waals surface area contributed by atoms with Crippen LogP contribution in [0.5, 0.6) is 0 Å². The smallest absolute Gasteiger partial charge is 0.151 e. The van der Waals surface area contributed by atoms with Gasteiger partial charge in [0.2, 0.25) is 0 Å². The molecule has 0 saturated heterocycles. The number of thioether (sulfide) groups is 1. The van der Waals surface area contributed by atoms with Gasteiger partial charge in [-0.1, -0.05) is 0 Å². The van der Waals surface area contributed by atoms with Gasteiger partial charge in [0.1, 0.15) is 5.82 Å². The largest absolute Gasteiger partial charge is 0.396 e. The highest BCUT2D eigenvalue weighted by molar-refractivity contribution is 7.99. The van der Waals surface area contributed by atoms with Gasteiger partial charge in [0, 0.05) is 16.2 Å². The van der Waals surface area contributed by atoms with Crippen molar-refractivity contribution >= 4 is 18.0 Å². The van der Waals surface area contributed by atoms with Crippen molar-refractivity contribution in [3.05, 3.63) is 29.6 Å². The Labute approximate surface area is 79.8 Å². The molecule has 0 unspecified atom stereocenters. The van der Waals surface area contributed by atoms with Crippen LogP contribution in [0.15, 0.2) is 23.1 Å². The SMILES string of the molecule is O=Cc1cc(F)ccc1SCCO. The predicted molar refractivity (Wildman–Crippen MR) is 49.6 cm³/mol. The van der Waals surface area contributed by atoms with E-state index in [0.29, 0.717) is 22.5 Å². The monoisotopic (exact) mass is 200 g/mol. The summed E-state index contributed by atoms with van der Waals surface area (Å²) in [4.78, 5) is 11.2. The zero-order valence-corrected chi connectivity index (χ0v) is 7.68. The number of aldehydes is 1. The first-order valence-corrected chi connectivity index (χ1v) is 4.75. The normalized spacial score (nSPS) is 10.0. The molecular formula is C9H9FO2S. The van der Waals surface area contributed by atoms with Crippen molar-refractivity contribution in [3.63, 3.8) is 0 Å². The number of benzene rings is 1. The van der Waals surface area contributed by atoms with E-state index in [4.69, 9.17) is 5.11 Å². The van der Waals surface area contributed by atoms with Crippen LogP contribution in [-0.4, -0.2) is 23.8 Å². The quantitative estimate of drug-likeness (QED) is 0.594. The Morgan fingerprint density at radius 1 is 1.54 bits per heavy atom. The summed E-state index contributed by atoms with van der Waals surface area (Å²) >= 11 is 1.33. The molecule has 4 heteroatoms. The highest BCUT2D eigenvalue weighted by atomic mass is 32.2. The van der Waals surface area contributed by atoms with Crippen molar-refractivity contribution in [1.82, 2.24) is 0 Å². The second-order valence-electron chi connectivity index (χ2n) is 2.37. The molecule has 1 aromatic rings. The Hall–Kier alpha value is -0.870. The molecular weight excluding hydrogens is 191 g/mol. The maximum atomic E-state index is 12.6. The molecule has 0 spiro atoms. The van der Waals surface area contributed by atoms with Crippen LogP contribution < -0.4 is 0 Å². The van der Waals surface area contributed by atoms with Gasteiger partial charge >= 0.3 is 0 Å².